The van der Waals surface area contributed by atoms with Gasteiger partial charge in [0.15, 0.2) is 0 Å². The largest absolute Gasteiger partial charge is 0.361 e. The highest BCUT2D eigenvalue weighted by Gasteiger charge is 2.05. The standard InChI is InChI=1S/C15H10N2S/c16-9-11(15-6-3-7-18-15)8-12-10-17-14-5-2-1-4-13(12)14/h1-8,10,17H. The number of fused-ring (bicyclic) bond motifs is 1. The van der Waals surface area contributed by atoms with Crippen LogP contribution in [-0.4, -0.2) is 4.98 Å². The molecule has 3 heteroatoms. The average molecular weight is 250 g/mol. The molecule has 0 spiro atoms. The Morgan fingerprint density at radius 2 is 2.11 bits per heavy atom. The lowest BCUT2D eigenvalue weighted by Crippen LogP contribution is -1.75. The molecule has 1 aromatic carbocycles. The molecule has 0 aliphatic rings. The van der Waals surface area contributed by atoms with Gasteiger partial charge in [0.25, 0.3) is 0 Å². The predicted octanol–water partition coefficient (Wildman–Crippen LogP) is 4.29. The van der Waals surface area contributed by atoms with Crippen LogP contribution in [0.1, 0.15) is 10.4 Å². The van der Waals surface area contributed by atoms with E-state index in [1.54, 1.807) is 11.3 Å². The number of H-pyrrole nitrogens is 1. The van der Waals surface area contributed by atoms with Crippen molar-refractivity contribution < 1.29 is 0 Å². The third kappa shape index (κ3) is 1.83. The van der Waals surface area contributed by atoms with Crippen molar-refractivity contribution in [3.8, 4) is 6.07 Å². The van der Waals surface area contributed by atoms with E-state index < -0.39 is 0 Å². The molecular formula is C15H10N2S. The van der Waals surface area contributed by atoms with Gasteiger partial charge in [-0.1, -0.05) is 24.3 Å². The van der Waals surface area contributed by atoms with Gasteiger partial charge in [0.2, 0.25) is 0 Å². The molecule has 0 aliphatic heterocycles. The summed E-state index contributed by atoms with van der Waals surface area (Å²) in [6, 6.07) is 14.3. The van der Waals surface area contributed by atoms with Gasteiger partial charge in [0, 0.05) is 27.5 Å². The van der Waals surface area contributed by atoms with E-state index in [-0.39, 0.29) is 0 Å². The van der Waals surface area contributed by atoms with Crippen LogP contribution in [0.25, 0.3) is 22.6 Å². The second-order valence-corrected chi connectivity index (χ2v) is 4.88. The molecule has 1 N–H and O–H groups in total. The van der Waals surface area contributed by atoms with Gasteiger partial charge in [-0.15, -0.1) is 11.3 Å². The van der Waals surface area contributed by atoms with Gasteiger partial charge in [-0.3, -0.25) is 0 Å². The van der Waals surface area contributed by atoms with Gasteiger partial charge in [0.1, 0.15) is 6.07 Å². The Kier molecular flexibility index (Phi) is 2.71. The predicted molar refractivity (Wildman–Crippen MR) is 76.1 cm³/mol. The minimum Gasteiger partial charge on any atom is -0.361 e. The highest BCUT2D eigenvalue weighted by molar-refractivity contribution is 7.11. The maximum absolute atomic E-state index is 9.25. The molecule has 0 saturated heterocycles. The third-order valence-corrected chi connectivity index (χ3v) is 3.73. The number of allylic oxidation sites excluding steroid dienone is 1. The molecule has 0 unspecified atom stereocenters. The van der Waals surface area contributed by atoms with Crippen LogP contribution >= 0.6 is 11.3 Å². The van der Waals surface area contributed by atoms with Gasteiger partial charge < -0.3 is 4.98 Å². The van der Waals surface area contributed by atoms with Crippen molar-refractivity contribution in [1.29, 1.82) is 5.26 Å². The van der Waals surface area contributed by atoms with Gasteiger partial charge in [-0.05, 0) is 23.6 Å². The van der Waals surface area contributed by atoms with Crippen LogP contribution in [0.5, 0.6) is 0 Å². The first-order valence-corrected chi connectivity index (χ1v) is 6.48. The molecule has 2 heterocycles. The van der Waals surface area contributed by atoms with Gasteiger partial charge in [-0.2, -0.15) is 5.26 Å². The van der Waals surface area contributed by atoms with Crippen molar-refractivity contribution >= 4 is 33.9 Å². The number of benzene rings is 1. The van der Waals surface area contributed by atoms with Crippen molar-refractivity contribution in [2.24, 2.45) is 0 Å². The first-order valence-electron chi connectivity index (χ1n) is 5.60. The summed E-state index contributed by atoms with van der Waals surface area (Å²) in [5.74, 6) is 0. The highest BCUT2D eigenvalue weighted by Crippen LogP contribution is 2.25. The quantitative estimate of drug-likeness (QED) is 0.677. The molecule has 0 radical (unpaired) electrons. The molecule has 0 amide bonds. The van der Waals surface area contributed by atoms with Crippen molar-refractivity contribution in [3.63, 3.8) is 0 Å². The van der Waals surface area contributed by atoms with Crippen molar-refractivity contribution in [2.75, 3.05) is 0 Å². The smallest absolute Gasteiger partial charge is 0.101 e. The number of nitrogens with one attached hydrogen (secondary N) is 1. The fourth-order valence-corrected chi connectivity index (χ4v) is 2.65. The molecule has 3 aromatic rings. The number of hydrogen-bond acceptors (Lipinski definition) is 2. The molecule has 0 saturated carbocycles. The molecule has 0 fully saturated rings. The Morgan fingerprint density at radius 3 is 2.89 bits per heavy atom. The summed E-state index contributed by atoms with van der Waals surface area (Å²) < 4.78 is 0. The minimum atomic E-state index is 0.703. The number of aromatic nitrogens is 1. The van der Waals surface area contributed by atoms with E-state index in [9.17, 15) is 5.26 Å². The Morgan fingerprint density at radius 1 is 1.22 bits per heavy atom. The van der Waals surface area contributed by atoms with Crippen molar-refractivity contribution in [2.45, 2.75) is 0 Å². The maximum atomic E-state index is 9.25. The minimum absolute atomic E-state index is 0.703. The van der Waals surface area contributed by atoms with Crippen LogP contribution in [0.4, 0.5) is 0 Å². The van der Waals surface area contributed by atoms with Gasteiger partial charge in [0.05, 0.1) is 5.57 Å². The Hall–Kier alpha value is -2.31. The zero-order valence-corrected chi connectivity index (χ0v) is 10.4. The van der Waals surface area contributed by atoms with Gasteiger partial charge >= 0.3 is 0 Å². The average Bonchev–Trinajstić information content (AvgIpc) is 3.06. The van der Waals surface area contributed by atoms with E-state index in [1.165, 1.54) is 0 Å². The summed E-state index contributed by atoms with van der Waals surface area (Å²) in [5, 5.41) is 12.4. The van der Waals surface area contributed by atoms with Gasteiger partial charge in [-0.25, -0.2) is 0 Å². The van der Waals surface area contributed by atoms with Crippen LogP contribution in [-0.2, 0) is 0 Å². The molecule has 0 bridgehead atoms. The third-order valence-electron chi connectivity index (χ3n) is 2.83. The molecule has 0 atom stereocenters. The number of thiophene rings is 1. The fraction of sp³-hybridized carbons (Fsp3) is 0. The van der Waals surface area contributed by atoms with Crippen LogP contribution in [0.3, 0.4) is 0 Å². The number of rotatable bonds is 2. The Labute approximate surface area is 109 Å². The number of nitriles is 1. The lowest BCUT2D eigenvalue weighted by Gasteiger charge is -1.94. The first-order chi connectivity index (χ1) is 8.88. The van der Waals surface area contributed by atoms with Crippen molar-refractivity contribution in [3.05, 3.63) is 58.4 Å². The normalized spacial score (nSPS) is 11.6. The highest BCUT2D eigenvalue weighted by atomic mass is 32.1. The summed E-state index contributed by atoms with van der Waals surface area (Å²) in [6.07, 6.45) is 3.88. The Bertz CT molecular complexity index is 742. The van der Waals surface area contributed by atoms with Crippen molar-refractivity contribution in [1.82, 2.24) is 4.98 Å². The molecule has 0 aliphatic carbocycles. The number of aromatic amines is 1. The maximum Gasteiger partial charge on any atom is 0.101 e. The topological polar surface area (TPSA) is 39.6 Å². The summed E-state index contributed by atoms with van der Waals surface area (Å²) in [6.45, 7) is 0. The summed E-state index contributed by atoms with van der Waals surface area (Å²) >= 11 is 1.58. The van der Waals surface area contributed by atoms with Crippen LogP contribution in [0.2, 0.25) is 0 Å². The Balaban J connectivity index is 2.13. The number of hydrogen-bond donors (Lipinski definition) is 1. The summed E-state index contributed by atoms with van der Waals surface area (Å²) in [4.78, 5) is 4.21. The van der Waals surface area contributed by atoms with E-state index >= 15 is 0 Å². The molecule has 2 aromatic heterocycles. The van der Waals surface area contributed by atoms with Crippen LogP contribution < -0.4 is 0 Å². The lowest BCUT2D eigenvalue weighted by molar-refractivity contribution is 1.47. The molecule has 2 nitrogen and oxygen atoms in total. The SMILES string of the molecule is N#CC(=Cc1c[nH]c2ccccc12)c1cccs1. The molecular weight excluding hydrogens is 240 g/mol. The monoisotopic (exact) mass is 250 g/mol. The summed E-state index contributed by atoms with van der Waals surface area (Å²) in [7, 11) is 0. The second-order valence-electron chi connectivity index (χ2n) is 3.94. The second kappa shape index (κ2) is 4.52. The molecule has 3 rings (SSSR count). The van der Waals surface area contributed by atoms with E-state index in [4.69, 9.17) is 0 Å². The van der Waals surface area contributed by atoms with E-state index in [0.717, 1.165) is 21.3 Å². The van der Waals surface area contributed by atoms with E-state index in [0.29, 0.717) is 5.57 Å². The van der Waals surface area contributed by atoms with Crippen LogP contribution in [0, 0.1) is 11.3 Å². The first kappa shape index (κ1) is 10.8. The molecule has 18 heavy (non-hydrogen) atoms. The molecule has 86 valence electrons. The fourth-order valence-electron chi connectivity index (χ4n) is 1.96. The zero-order chi connectivity index (χ0) is 12.4. The van der Waals surface area contributed by atoms with E-state index in [2.05, 4.69) is 17.1 Å². The lowest BCUT2D eigenvalue weighted by atomic mass is 10.1. The number of para-hydroxylation sites is 1. The van der Waals surface area contributed by atoms with Crippen LogP contribution in [0.15, 0.2) is 48.0 Å². The van der Waals surface area contributed by atoms with E-state index in [1.807, 2.05) is 48.0 Å². The summed E-state index contributed by atoms with van der Waals surface area (Å²) in [5.41, 5.74) is 2.84. The zero-order valence-electron chi connectivity index (χ0n) is 9.55. The number of nitrogens with zero attached hydrogens (tertiary/aromatic N) is 1.